The maximum atomic E-state index is 4.48. The first-order valence-corrected chi connectivity index (χ1v) is 6.93. The predicted octanol–water partition coefficient (Wildman–Crippen LogP) is 2.66. The molecule has 1 aromatic carbocycles. The molecule has 1 aliphatic heterocycles. The van der Waals surface area contributed by atoms with Crippen LogP contribution in [0, 0.1) is 0 Å². The number of likely N-dealkylation sites (N-methyl/N-ethyl adjacent to an activating group) is 1. The van der Waals surface area contributed by atoms with Gasteiger partial charge in [-0.2, -0.15) is 5.10 Å². The highest BCUT2D eigenvalue weighted by atomic mass is 79.9. The fourth-order valence-corrected chi connectivity index (χ4v) is 2.15. The van der Waals surface area contributed by atoms with Crippen LogP contribution in [-0.4, -0.2) is 49.4 Å². The molecular formula is C14H18BrN3. The predicted molar refractivity (Wildman–Crippen MR) is 80.9 cm³/mol. The van der Waals surface area contributed by atoms with Crippen LogP contribution in [0.5, 0.6) is 0 Å². The third-order valence-electron chi connectivity index (χ3n) is 2.93. The van der Waals surface area contributed by atoms with Gasteiger partial charge in [0.05, 0.1) is 6.21 Å². The zero-order valence-electron chi connectivity index (χ0n) is 10.6. The minimum atomic E-state index is 0.993. The molecule has 1 aromatic rings. The Labute approximate surface area is 117 Å². The van der Waals surface area contributed by atoms with Gasteiger partial charge in [-0.15, -0.1) is 0 Å². The van der Waals surface area contributed by atoms with Crippen molar-refractivity contribution < 1.29 is 0 Å². The van der Waals surface area contributed by atoms with Crippen LogP contribution < -0.4 is 0 Å². The van der Waals surface area contributed by atoms with Crippen molar-refractivity contribution in [1.82, 2.24) is 9.91 Å². The van der Waals surface area contributed by atoms with Gasteiger partial charge in [0, 0.05) is 30.7 Å². The Morgan fingerprint density at radius 2 is 1.83 bits per heavy atom. The van der Waals surface area contributed by atoms with E-state index >= 15 is 0 Å². The monoisotopic (exact) mass is 307 g/mol. The van der Waals surface area contributed by atoms with Gasteiger partial charge in [-0.3, -0.25) is 5.01 Å². The quantitative estimate of drug-likeness (QED) is 0.800. The fraction of sp³-hybridized carbons (Fsp3) is 0.357. The highest BCUT2D eigenvalue weighted by Gasteiger charge is 2.10. The van der Waals surface area contributed by atoms with Gasteiger partial charge >= 0.3 is 0 Å². The average Bonchev–Trinajstić information content (AvgIpc) is 2.39. The number of nitrogens with zero attached hydrogens (tertiary/aromatic N) is 3. The molecule has 0 spiro atoms. The van der Waals surface area contributed by atoms with E-state index in [1.165, 1.54) is 5.56 Å². The largest absolute Gasteiger partial charge is 0.303 e. The van der Waals surface area contributed by atoms with Crippen molar-refractivity contribution in [3.05, 3.63) is 40.4 Å². The van der Waals surface area contributed by atoms with Gasteiger partial charge in [0.2, 0.25) is 0 Å². The van der Waals surface area contributed by atoms with E-state index < -0.39 is 0 Å². The summed E-state index contributed by atoms with van der Waals surface area (Å²) in [4.78, 5) is 2.32. The third kappa shape index (κ3) is 4.27. The zero-order chi connectivity index (χ0) is 12.8. The molecule has 3 nitrogen and oxygen atoms in total. The van der Waals surface area contributed by atoms with Crippen LogP contribution >= 0.6 is 15.9 Å². The first-order chi connectivity index (χ1) is 8.74. The van der Waals surface area contributed by atoms with Crippen LogP contribution in [0.1, 0.15) is 5.56 Å². The molecule has 0 unspecified atom stereocenters. The summed E-state index contributed by atoms with van der Waals surface area (Å²) in [6.45, 7) is 4.16. The lowest BCUT2D eigenvalue weighted by molar-refractivity contribution is 0.159. The zero-order valence-corrected chi connectivity index (χ0v) is 12.2. The highest BCUT2D eigenvalue weighted by Crippen LogP contribution is 2.10. The number of allylic oxidation sites excluding steroid dienone is 1. The van der Waals surface area contributed by atoms with Crippen LogP contribution in [-0.2, 0) is 0 Å². The Morgan fingerprint density at radius 3 is 2.50 bits per heavy atom. The van der Waals surface area contributed by atoms with Crippen LogP contribution in [0.25, 0.3) is 6.08 Å². The smallest absolute Gasteiger partial charge is 0.0612 e. The van der Waals surface area contributed by atoms with E-state index in [1.807, 2.05) is 24.4 Å². The second-order valence-electron chi connectivity index (χ2n) is 4.44. The van der Waals surface area contributed by atoms with E-state index in [-0.39, 0.29) is 0 Å². The molecule has 0 atom stereocenters. The fourth-order valence-electron chi connectivity index (χ4n) is 1.79. The number of hydrogen-bond donors (Lipinski definition) is 0. The highest BCUT2D eigenvalue weighted by molar-refractivity contribution is 9.12. The summed E-state index contributed by atoms with van der Waals surface area (Å²) in [5, 5.41) is 6.59. The molecule has 1 saturated heterocycles. The maximum absolute atomic E-state index is 4.48. The topological polar surface area (TPSA) is 18.8 Å². The summed E-state index contributed by atoms with van der Waals surface area (Å²) < 4.78 is 0.993. The summed E-state index contributed by atoms with van der Waals surface area (Å²) in [7, 11) is 2.15. The average molecular weight is 308 g/mol. The Morgan fingerprint density at radius 1 is 1.17 bits per heavy atom. The summed E-state index contributed by atoms with van der Waals surface area (Å²) in [6.07, 6.45) is 3.94. The second-order valence-corrected chi connectivity index (χ2v) is 5.36. The molecule has 0 aromatic heterocycles. The molecule has 1 heterocycles. The molecule has 0 saturated carbocycles. The van der Waals surface area contributed by atoms with Crippen molar-refractivity contribution in [2.75, 3.05) is 33.2 Å². The van der Waals surface area contributed by atoms with Gasteiger partial charge in [0.25, 0.3) is 0 Å². The van der Waals surface area contributed by atoms with Gasteiger partial charge < -0.3 is 4.90 Å². The second kappa shape index (κ2) is 6.71. The van der Waals surface area contributed by atoms with Gasteiger partial charge in [0.1, 0.15) is 0 Å². The lowest BCUT2D eigenvalue weighted by Gasteiger charge is -2.30. The molecule has 18 heavy (non-hydrogen) atoms. The van der Waals surface area contributed by atoms with E-state index in [2.05, 4.69) is 56.2 Å². The SMILES string of the molecule is CN1CCN(/N=C/C(Br)=C\c2ccccc2)CC1. The van der Waals surface area contributed by atoms with Crippen LogP contribution in [0.3, 0.4) is 0 Å². The van der Waals surface area contributed by atoms with Crippen LogP contribution in [0.15, 0.2) is 39.9 Å². The number of piperazine rings is 1. The van der Waals surface area contributed by atoms with Crippen molar-refractivity contribution in [2.24, 2.45) is 5.10 Å². The normalized spacial score (nSPS) is 18.6. The molecule has 0 bridgehead atoms. The van der Waals surface area contributed by atoms with E-state index in [0.29, 0.717) is 0 Å². The minimum Gasteiger partial charge on any atom is -0.303 e. The molecule has 0 N–H and O–H groups in total. The van der Waals surface area contributed by atoms with Gasteiger partial charge in [-0.25, -0.2) is 0 Å². The maximum Gasteiger partial charge on any atom is 0.0612 e. The molecule has 96 valence electrons. The Kier molecular flexibility index (Phi) is 4.96. The van der Waals surface area contributed by atoms with Crippen molar-refractivity contribution in [1.29, 1.82) is 0 Å². The molecule has 0 aliphatic carbocycles. The van der Waals surface area contributed by atoms with Crippen LogP contribution in [0.2, 0.25) is 0 Å². The number of benzene rings is 1. The molecular weight excluding hydrogens is 290 g/mol. The third-order valence-corrected chi connectivity index (χ3v) is 3.36. The van der Waals surface area contributed by atoms with E-state index in [1.54, 1.807) is 0 Å². The molecule has 2 rings (SSSR count). The Balaban J connectivity index is 1.91. The first-order valence-electron chi connectivity index (χ1n) is 6.14. The number of halogens is 1. The summed E-state index contributed by atoms with van der Waals surface area (Å²) >= 11 is 3.53. The van der Waals surface area contributed by atoms with Crippen molar-refractivity contribution in [2.45, 2.75) is 0 Å². The lowest BCUT2D eigenvalue weighted by Crippen LogP contribution is -2.41. The Bertz CT molecular complexity index is 420. The van der Waals surface area contributed by atoms with E-state index in [4.69, 9.17) is 0 Å². The molecule has 0 radical (unpaired) electrons. The van der Waals surface area contributed by atoms with Crippen molar-refractivity contribution in [3.63, 3.8) is 0 Å². The van der Waals surface area contributed by atoms with Crippen LogP contribution in [0.4, 0.5) is 0 Å². The number of rotatable bonds is 3. The first kappa shape index (κ1) is 13.3. The van der Waals surface area contributed by atoms with Gasteiger partial charge in [-0.1, -0.05) is 30.3 Å². The van der Waals surface area contributed by atoms with Gasteiger partial charge in [0.15, 0.2) is 0 Å². The molecule has 1 aliphatic rings. The van der Waals surface area contributed by atoms with E-state index in [0.717, 1.165) is 30.7 Å². The number of hydrogen-bond acceptors (Lipinski definition) is 3. The lowest BCUT2D eigenvalue weighted by atomic mass is 10.2. The van der Waals surface area contributed by atoms with E-state index in [9.17, 15) is 0 Å². The molecule has 1 fully saturated rings. The number of hydrazone groups is 1. The van der Waals surface area contributed by atoms with Crippen molar-refractivity contribution >= 4 is 28.2 Å². The van der Waals surface area contributed by atoms with Crippen molar-refractivity contribution in [3.8, 4) is 0 Å². The summed E-state index contributed by atoms with van der Waals surface area (Å²) in [5.74, 6) is 0. The standard InChI is InChI=1S/C14H18BrN3/c1-17-7-9-18(10-8-17)16-12-14(15)11-13-5-3-2-4-6-13/h2-6,11-12H,7-10H2,1H3/b14-11+,16-12+. The Hall–Kier alpha value is -1.13. The van der Waals surface area contributed by atoms with Gasteiger partial charge in [-0.05, 0) is 34.6 Å². The molecule has 4 heteroatoms. The molecule has 0 amide bonds. The minimum absolute atomic E-state index is 0.993. The summed E-state index contributed by atoms with van der Waals surface area (Å²) in [5.41, 5.74) is 1.18. The summed E-state index contributed by atoms with van der Waals surface area (Å²) in [6, 6.07) is 10.2.